The lowest BCUT2D eigenvalue weighted by molar-refractivity contribution is -0.870. The van der Waals surface area contributed by atoms with Crippen LogP contribution in [0.3, 0.4) is 0 Å². The first-order valence-corrected chi connectivity index (χ1v) is 24.8. The molecule has 0 aliphatic carbocycles. The van der Waals surface area contributed by atoms with Crippen LogP contribution in [0.5, 0.6) is 0 Å². The standard InChI is InChI=1S/C48H88NO8P/c1-6-8-10-12-14-16-18-20-21-22-23-24-25-26-27-29-31-33-35-37-39-41-48(51)57-46(45-56-58(52,53)55-43-42-49(3,4)5)44-54-47(50)40-38-36-34-32-30-28-19-17-15-13-11-9-7-2/h17-20,22-23,25-26,46H,6-16,21,24,27-45H2,1-5H3/b19-17-,20-18-,23-22-,26-25-. The number of unbranched alkanes of at least 4 members (excludes halogenated alkanes) is 20. The van der Waals surface area contributed by atoms with E-state index in [0.717, 1.165) is 89.9 Å². The van der Waals surface area contributed by atoms with Gasteiger partial charge in [0.05, 0.1) is 27.7 Å². The molecule has 0 bridgehead atoms. The van der Waals surface area contributed by atoms with Crippen molar-refractivity contribution < 1.29 is 42.1 Å². The summed E-state index contributed by atoms with van der Waals surface area (Å²) in [6, 6.07) is 0. The number of esters is 2. The van der Waals surface area contributed by atoms with Crippen molar-refractivity contribution in [3.05, 3.63) is 48.6 Å². The number of phosphoric ester groups is 1. The molecule has 0 amide bonds. The predicted octanol–water partition coefficient (Wildman–Crippen LogP) is 12.8. The third kappa shape index (κ3) is 43.5. The van der Waals surface area contributed by atoms with E-state index in [-0.39, 0.29) is 26.1 Å². The number of carbonyl (C=O) groups is 2. The summed E-state index contributed by atoms with van der Waals surface area (Å²) in [5, 5.41) is 0. The molecule has 58 heavy (non-hydrogen) atoms. The fourth-order valence-electron chi connectivity index (χ4n) is 6.13. The fraction of sp³-hybridized carbons (Fsp3) is 0.792. The Labute approximate surface area is 356 Å². The van der Waals surface area contributed by atoms with Crippen molar-refractivity contribution in [2.45, 2.75) is 200 Å². The Morgan fingerprint density at radius 1 is 0.534 bits per heavy atom. The van der Waals surface area contributed by atoms with E-state index in [2.05, 4.69) is 62.5 Å². The molecule has 0 saturated carbocycles. The highest BCUT2D eigenvalue weighted by Crippen LogP contribution is 2.38. The number of quaternary nitrogens is 1. The molecular weight excluding hydrogens is 750 g/mol. The van der Waals surface area contributed by atoms with Crippen molar-refractivity contribution in [1.82, 2.24) is 0 Å². The van der Waals surface area contributed by atoms with E-state index in [9.17, 15) is 19.0 Å². The molecule has 0 fully saturated rings. The van der Waals surface area contributed by atoms with Gasteiger partial charge in [-0.2, -0.15) is 0 Å². The van der Waals surface area contributed by atoms with Gasteiger partial charge in [0.15, 0.2) is 6.10 Å². The summed E-state index contributed by atoms with van der Waals surface area (Å²) in [4.78, 5) is 37.6. The lowest BCUT2D eigenvalue weighted by Crippen LogP contribution is -2.37. The summed E-state index contributed by atoms with van der Waals surface area (Å²) in [7, 11) is 1.15. The third-order valence-electron chi connectivity index (χ3n) is 9.82. The highest BCUT2D eigenvalue weighted by Gasteiger charge is 2.21. The topological polar surface area (TPSA) is 111 Å². The Kier molecular flexibility index (Phi) is 39.0. The molecule has 0 aliphatic heterocycles. The quantitative estimate of drug-likeness (QED) is 0.0196. The smallest absolute Gasteiger partial charge is 0.306 e. The number of hydrogen-bond acceptors (Lipinski definition) is 8. The molecule has 0 spiro atoms. The zero-order valence-electron chi connectivity index (χ0n) is 38.0. The highest BCUT2D eigenvalue weighted by atomic mass is 31.2. The Morgan fingerprint density at radius 2 is 0.931 bits per heavy atom. The van der Waals surface area contributed by atoms with E-state index in [0.29, 0.717) is 17.4 Å². The van der Waals surface area contributed by atoms with E-state index in [1.54, 1.807) is 0 Å². The molecule has 10 heteroatoms. The van der Waals surface area contributed by atoms with E-state index in [1.807, 2.05) is 21.1 Å². The second-order valence-corrected chi connectivity index (χ2v) is 18.2. The molecule has 2 unspecified atom stereocenters. The van der Waals surface area contributed by atoms with Gasteiger partial charge in [0.1, 0.15) is 19.8 Å². The molecule has 0 rings (SSSR count). The van der Waals surface area contributed by atoms with Crippen LogP contribution in [0.15, 0.2) is 48.6 Å². The monoisotopic (exact) mass is 838 g/mol. The molecule has 0 radical (unpaired) electrons. The number of likely N-dealkylation sites (N-methyl/N-ethyl adjacent to an activating group) is 1. The van der Waals surface area contributed by atoms with Gasteiger partial charge in [-0.15, -0.1) is 0 Å². The zero-order chi connectivity index (χ0) is 42.8. The first-order valence-electron chi connectivity index (χ1n) is 23.3. The lowest BCUT2D eigenvalue weighted by Gasteiger charge is -2.28. The maximum atomic E-state index is 12.7. The van der Waals surface area contributed by atoms with Crippen molar-refractivity contribution in [2.75, 3.05) is 47.5 Å². The Bertz CT molecular complexity index is 1130. The van der Waals surface area contributed by atoms with Gasteiger partial charge in [-0.25, -0.2) is 0 Å². The minimum absolute atomic E-state index is 0.0362. The number of phosphoric acid groups is 1. The molecule has 9 nitrogen and oxygen atoms in total. The minimum Gasteiger partial charge on any atom is -0.756 e. The van der Waals surface area contributed by atoms with Gasteiger partial charge in [-0.05, 0) is 77.0 Å². The molecule has 0 N–H and O–H groups in total. The van der Waals surface area contributed by atoms with Gasteiger partial charge in [0.2, 0.25) is 0 Å². The van der Waals surface area contributed by atoms with Gasteiger partial charge in [0.25, 0.3) is 7.82 Å². The van der Waals surface area contributed by atoms with Gasteiger partial charge in [0, 0.05) is 12.8 Å². The Hall–Kier alpha value is -2.03. The molecule has 0 saturated heterocycles. The van der Waals surface area contributed by atoms with Gasteiger partial charge in [-0.1, -0.05) is 152 Å². The van der Waals surface area contributed by atoms with Crippen molar-refractivity contribution in [3.63, 3.8) is 0 Å². The normalized spacial score (nSPS) is 14.0. The summed E-state index contributed by atoms with van der Waals surface area (Å²) in [5.74, 6) is -0.860. The third-order valence-corrected chi connectivity index (χ3v) is 10.8. The van der Waals surface area contributed by atoms with Crippen LogP contribution in [0.1, 0.15) is 194 Å². The van der Waals surface area contributed by atoms with Crippen molar-refractivity contribution in [2.24, 2.45) is 0 Å². The molecule has 0 aromatic carbocycles. The second kappa shape index (κ2) is 40.4. The maximum absolute atomic E-state index is 12.7. The largest absolute Gasteiger partial charge is 0.756 e. The Morgan fingerprint density at radius 3 is 1.41 bits per heavy atom. The lowest BCUT2D eigenvalue weighted by atomic mass is 10.1. The summed E-state index contributed by atoms with van der Waals surface area (Å²) in [6.07, 6.45) is 47.0. The molecule has 338 valence electrons. The molecule has 0 aliphatic rings. The van der Waals surface area contributed by atoms with Crippen LogP contribution >= 0.6 is 7.82 Å². The first-order chi connectivity index (χ1) is 28.0. The molecule has 0 aromatic rings. The number of hydrogen-bond donors (Lipinski definition) is 0. The van der Waals surface area contributed by atoms with Crippen LogP contribution in [0, 0.1) is 0 Å². The number of carbonyl (C=O) groups excluding carboxylic acids is 2. The van der Waals surface area contributed by atoms with Crippen LogP contribution in [-0.4, -0.2) is 70.0 Å². The molecule has 2 atom stereocenters. The van der Waals surface area contributed by atoms with Gasteiger partial charge in [-0.3, -0.25) is 14.2 Å². The zero-order valence-corrected chi connectivity index (χ0v) is 38.9. The van der Waals surface area contributed by atoms with E-state index >= 15 is 0 Å². The number of allylic oxidation sites excluding steroid dienone is 8. The average Bonchev–Trinajstić information content (AvgIpc) is 3.17. The average molecular weight is 838 g/mol. The number of rotatable bonds is 42. The number of nitrogens with zero attached hydrogens (tertiary/aromatic N) is 1. The second-order valence-electron chi connectivity index (χ2n) is 16.8. The molecule has 0 aromatic heterocycles. The van der Waals surface area contributed by atoms with E-state index in [4.69, 9.17) is 18.5 Å². The molecular formula is C48H88NO8P. The van der Waals surface area contributed by atoms with Crippen LogP contribution in [0.25, 0.3) is 0 Å². The maximum Gasteiger partial charge on any atom is 0.306 e. The van der Waals surface area contributed by atoms with Crippen molar-refractivity contribution in [3.8, 4) is 0 Å². The van der Waals surface area contributed by atoms with Crippen molar-refractivity contribution in [1.29, 1.82) is 0 Å². The van der Waals surface area contributed by atoms with E-state index in [1.165, 1.54) is 70.6 Å². The number of ether oxygens (including phenoxy) is 2. The molecule has 0 heterocycles. The first kappa shape index (κ1) is 56.0. The van der Waals surface area contributed by atoms with Gasteiger partial charge < -0.3 is 27.9 Å². The van der Waals surface area contributed by atoms with Crippen LogP contribution in [0.4, 0.5) is 0 Å². The summed E-state index contributed by atoms with van der Waals surface area (Å²) in [6.45, 7) is 4.17. The van der Waals surface area contributed by atoms with Crippen LogP contribution in [0.2, 0.25) is 0 Å². The SMILES string of the molecule is CCCCCC/C=C\CCCCCCCC(=O)OCC(COP(=O)([O-])OCC[N+](C)(C)C)OC(=O)CCCCCCCC/C=C\C/C=C\C/C=C\CCCCCCC. The van der Waals surface area contributed by atoms with Crippen molar-refractivity contribution >= 4 is 19.8 Å². The predicted molar refractivity (Wildman–Crippen MR) is 240 cm³/mol. The minimum atomic E-state index is -4.63. The van der Waals surface area contributed by atoms with Crippen LogP contribution in [-0.2, 0) is 32.7 Å². The fourth-order valence-corrected chi connectivity index (χ4v) is 6.85. The van der Waals surface area contributed by atoms with Gasteiger partial charge >= 0.3 is 11.9 Å². The Balaban J connectivity index is 4.35. The summed E-state index contributed by atoms with van der Waals surface area (Å²) < 4.78 is 33.9. The van der Waals surface area contributed by atoms with E-state index < -0.39 is 32.5 Å². The van der Waals surface area contributed by atoms with Crippen LogP contribution < -0.4 is 4.89 Å². The summed E-state index contributed by atoms with van der Waals surface area (Å²) in [5.41, 5.74) is 0. The summed E-state index contributed by atoms with van der Waals surface area (Å²) >= 11 is 0. The highest BCUT2D eigenvalue weighted by molar-refractivity contribution is 7.45.